The van der Waals surface area contributed by atoms with Crippen LogP contribution in [0.1, 0.15) is 35.2 Å². The Bertz CT molecular complexity index is 620. The summed E-state index contributed by atoms with van der Waals surface area (Å²) in [6.45, 7) is 5.28. The number of carbonyl (C=O) groups is 1. The predicted molar refractivity (Wildman–Crippen MR) is 79.7 cm³/mol. The number of hydrogen-bond donors (Lipinski definition) is 2. The van der Waals surface area contributed by atoms with Gasteiger partial charge in [-0.1, -0.05) is 42.5 Å². The van der Waals surface area contributed by atoms with Gasteiger partial charge in [0.2, 0.25) is 5.91 Å². The van der Waals surface area contributed by atoms with E-state index in [4.69, 9.17) is 0 Å². The molecule has 20 heavy (non-hydrogen) atoms. The van der Waals surface area contributed by atoms with E-state index in [0.29, 0.717) is 0 Å². The number of hydrogen-bond acceptors (Lipinski definition) is 2. The summed E-state index contributed by atoms with van der Waals surface area (Å²) in [6, 6.07) is 13.2. The number of carbonyl (C=O) groups excluding carboxylic acids is 1. The molecule has 0 saturated carbocycles. The first-order valence-electron chi connectivity index (χ1n) is 6.62. The number of nitrogens with one attached hydrogen (secondary N) is 1. The van der Waals surface area contributed by atoms with E-state index in [-0.39, 0.29) is 17.7 Å². The maximum absolute atomic E-state index is 11.5. The number of rotatable bonds is 3. The molecule has 0 saturated heterocycles. The molecule has 2 rings (SSSR count). The molecule has 0 aromatic heterocycles. The number of amides is 1. The molecule has 0 aliphatic heterocycles. The highest BCUT2D eigenvalue weighted by molar-refractivity contribution is 5.74. The lowest BCUT2D eigenvalue weighted by atomic mass is 9.92. The molecule has 1 unspecified atom stereocenters. The average Bonchev–Trinajstić information content (AvgIpc) is 2.43. The maximum Gasteiger partial charge on any atom is 0.217 e. The molecule has 2 N–H and O–H groups in total. The van der Waals surface area contributed by atoms with Gasteiger partial charge in [0.05, 0.1) is 6.04 Å². The SMILES string of the molecule is CC(=O)NC(c1ccccc1)c1c(C)ccc(C)c1O. The molecule has 0 fully saturated rings. The summed E-state index contributed by atoms with van der Waals surface area (Å²) in [4.78, 5) is 11.5. The van der Waals surface area contributed by atoms with Crippen molar-refractivity contribution in [1.82, 2.24) is 5.32 Å². The minimum atomic E-state index is -0.339. The third-order valence-corrected chi connectivity index (χ3v) is 3.41. The highest BCUT2D eigenvalue weighted by Gasteiger charge is 2.21. The van der Waals surface area contributed by atoms with Gasteiger partial charge in [-0.25, -0.2) is 0 Å². The molecule has 0 spiro atoms. The fourth-order valence-corrected chi connectivity index (χ4v) is 2.35. The van der Waals surface area contributed by atoms with E-state index in [0.717, 1.165) is 22.3 Å². The summed E-state index contributed by atoms with van der Waals surface area (Å²) in [5, 5.41) is 13.3. The van der Waals surface area contributed by atoms with Crippen molar-refractivity contribution >= 4 is 5.91 Å². The van der Waals surface area contributed by atoms with Crippen LogP contribution in [0.2, 0.25) is 0 Å². The summed E-state index contributed by atoms with van der Waals surface area (Å²) >= 11 is 0. The van der Waals surface area contributed by atoms with Gasteiger partial charge >= 0.3 is 0 Å². The van der Waals surface area contributed by atoms with Gasteiger partial charge in [-0.05, 0) is 30.5 Å². The van der Waals surface area contributed by atoms with E-state index < -0.39 is 0 Å². The second-order valence-electron chi connectivity index (χ2n) is 5.01. The predicted octanol–water partition coefficient (Wildman–Crippen LogP) is 3.23. The molecular weight excluding hydrogens is 250 g/mol. The van der Waals surface area contributed by atoms with E-state index in [1.54, 1.807) is 0 Å². The molecule has 0 heterocycles. The van der Waals surface area contributed by atoms with Crippen molar-refractivity contribution in [2.75, 3.05) is 0 Å². The fraction of sp³-hybridized carbons (Fsp3) is 0.235. The smallest absolute Gasteiger partial charge is 0.217 e. The Morgan fingerprint density at radius 3 is 2.25 bits per heavy atom. The summed E-state index contributed by atoms with van der Waals surface area (Å²) < 4.78 is 0. The third kappa shape index (κ3) is 2.82. The lowest BCUT2D eigenvalue weighted by Crippen LogP contribution is -2.27. The zero-order valence-corrected chi connectivity index (χ0v) is 12.0. The van der Waals surface area contributed by atoms with Crippen LogP contribution < -0.4 is 5.32 Å². The van der Waals surface area contributed by atoms with Gasteiger partial charge in [-0.3, -0.25) is 4.79 Å². The minimum absolute atomic E-state index is 0.126. The lowest BCUT2D eigenvalue weighted by molar-refractivity contribution is -0.119. The normalized spacial score (nSPS) is 11.9. The van der Waals surface area contributed by atoms with E-state index >= 15 is 0 Å². The Labute approximate surface area is 119 Å². The molecule has 0 aliphatic rings. The minimum Gasteiger partial charge on any atom is -0.507 e. The Hall–Kier alpha value is -2.29. The molecule has 0 bridgehead atoms. The molecule has 1 amide bonds. The summed E-state index contributed by atoms with van der Waals surface area (Å²) in [5.41, 5.74) is 3.46. The van der Waals surface area contributed by atoms with Crippen molar-refractivity contribution in [1.29, 1.82) is 0 Å². The Morgan fingerprint density at radius 2 is 1.65 bits per heavy atom. The van der Waals surface area contributed by atoms with Crippen molar-refractivity contribution in [2.24, 2.45) is 0 Å². The molecular formula is C17H19NO2. The fourth-order valence-electron chi connectivity index (χ4n) is 2.35. The van der Waals surface area contributed by atoms with E-state index in [9.17, 15) is 9.90 Å². The number of phenolic OH excluding ortho intramolecular Hbond substituents is 1. The van der Waals surface area contributed by atoms with Crippen LogP contribution in [-0.2, 0) is 4.79 Å². The van der Waals surface area contributed by atoms with Gasteiger partial charge in [-0.2, -0.15) is 0 Å². The van der Waals surface area contributed by atoms with Crippen molar-refractivity contribution in [3.05, 3.63) is 64.7 Å². The summed E-state index contributed by atoms with van der Waals surface area (Å²) in [5.74, 6) is 0.117. The quantitative estimate of drug-likeness (QED) is 0.898. The van der Waals surface area contributed by atoms with Crippen molar-refractivity contribution in [3.63, 3.8) is 0 Å². The van der Waals surface area contributed by atoms with Crippen LogP contribution in [0.25, 0.3) is 0 Å². The number of aromatic hydroxyl groups is 1. The highest BCUT2D eigenvalue weighted by Crippen LogP contribution is 2.34. The average molecular weight is 269 g/mol. The molecule has 2 aromatic rings. The maximum atomic E-state index is 11.5. The highest BCUT2D eigenvalue weighted by atomic mass is 16.3. The molecule has 3 heteroatoms. The van der Waals surface area contributed by atoms with Gasteiger partial charge < -0.3 is 10.4 Å². The lowest BCUT2D eigenvalue weighted by Gasteiger charge is -2.22. The van der Waals surface area contributed by atoms with Crippen LogP contribution >= 0.6 is 0 Å². The van der Waals surface area contributed by atoms with Gasteiger partial charge in [0.1, 0.15) is 5.75 Å². The summed E-state index contributed by atoms with van der Waals surface area (Å²) in [7, 11) is 0. The molecule has 1 atom stereocenters. The van der Waals surface area contributed by atoms with E-state index in [1.165, 1.54) is 6.92 Å². The van der Waals surface area contributed by atoms with E-state index in [1.807, 2.05) is 56.3 Å². The van der Waals surface area contributed by atoms with Crippen LogP contribution in [0.5, 0.6) is 5.75 Å². The molecule has 2 aromatic carbocycles. The third-order valence-electron chi connectivity index (χ3n) is 3.41. The number of aryl methyl sites for hydroxylation is 2. The van der Waals surface area contributed by atoms with Crippen LogP contribution in [0.4, 0.5) is 0 Å². The first kappa shape index (κ1) is 14.1. The van der Waals surface area contributed by atoms with Crippen molar-refractivity contribution < 1.29 is 9.90 Å². The van der Waals surface area contributed by atoms with Crippen molar-refractivity contribution in [3.8, 4) is 5.75 Å². The topological polar surface area (TPSA) is 49.3 Å². The molecule has 0 radical (unpaired) electrons. The second-order valence-corrected chi connectivity index (χ2v) is 5.01. The Kier molecular flexibility index (Phi) is 4.08. The van der Waals surface area contributed by atoms with Crippen molar-refractivity contribution in [2.45, 2.75) is 26.8 Å². The zero-order chi connectivity index (χ0) is 14.7. The standard InChI is InChI=1S/C17H19NO2/c1-11-9-10-12(2)17(20)15(11)16(18-13(3)19)14-7-5-4-6-8-14/h4-10,16,20H,1-3H3,(H,18,19). The first-order chi connectivity index (χ1) is 9.50. The van der Waals surface area contributed by atoms with Gasteiger partial charge in [0, 0.05) is 12.5 Å². The van der Waals surface area contributed by atoms with Gasteiger partial charge in [0.25, 0.3) is 0 Å². The summed E-state index contributed by atoms with van der Waals surface area (Å²) in [6.07, 6.45) is 0. The Balaban J connectivity index is 2.58. The number of benzene rings is 2. The molecule has 3 nitrogen and oxygen atoms in total. The molecule has 104 valence electrons. The van der Waals surface area contributed by atoms with E-state index in [2.05, 4.69) is 5.32 Å². The first-order valence-corrected chi connectivity index (χ1v) is 6.62. The second kappa shape index (κ2) is 5.78. The van der Waals surface area contributed by atoms with Crippen LogP contribution in [0.15, 0.2) is 42.5 Å². The number of phenols is 1. The van der Waals surface area contributed by atoms with Gasteiger partial charge in [-0.15, -0.1) is 0 Å². The Morgan fingerprint density at radius 1 is 1.05 bits per heavy atom. The van der Waals surface area contributed by atoms with Crippen LogP contribution in [-0.4, -0.2) is 11.0 Å². The largest absolute Gasteiger partial charge is 0.507 e. The monoisotopic (exact) mass is 269 g/mol. The molecule has 0 aliphatic carbocycles. The van der Waals surface area contributed by atoms with Crippen LogP contribution in [0.3, 0.4) is 0 Å². The zero-order valence-electron chi connectivity index (χ0n) is 12.0. The van der Waals surface area contributed by atoms with Gasteiger partial charge in [0.15, 0.2) is 0 Å². The van der Waals surface area contributed by atoms with Crippen LogP contribution in [0, 0.1) is 13.8 Å².